The first-order valence-corrected chi connectivity index (χ1v) is 4.39. The van der Waals surface area contributed by atoms with Crippen molar-refractivity contribution in [1.82, 2.24) is 0 Å². The molecular formula is C10H11ClN2. The molecule has 13 heavy (non-hydrogen) atoms. The van der Waals surface area contributed by atoms with Gasteiger partial charge in [-0.3, -0.25) is 0 Å². The van der Waals surface area contributed by atoms with Crippen LogP contribution in [0.3, 0.4) is 0 Å². The lowest BCUT2D eigenvalue weighted by molar-refractivity contribution is 1.44. The molecule has 0 spiro atoms. The molecule has 0 radical (unpaired) electrons. The number of hydrogen-bond acceptors (Lipinski definition) is 2. The van der Waals surface area contributed by atoms with Gasteiger partial charge in [-0.05, 0) is 24.6 Å². The molecule has 2 nitrogen and oxygen atoms in total. The first-order valence-electron chi connectivity index (χ1n) is 3.85. The number of alkyl halides is 1. The zero-order valence-electron chi connectivity index (χ0n) is 7.39. The Balaban J connectivity index is 3.16. The second-order valence-corrected chi connectivity index (χ2v) is 3.00. The lowest BCUT2D eigenvalue weighted by Crippen LogP contribution is -1.96. The molecule has 0 heterocycles. The Hall–Kier alpha value is -1.33. The third kappa shape index (κ3) is 2.30. The van der Waals surface area contributed by atoms with Crippen LogP contribution in [-0.2, 0) is 0 Å². The average Bonchev–Trinajstić information content (AvgIpc) is 2.09. The van der Waals surface area contributed by atoms with E-state index in [1.165, 1.54) is 0 Å². The Morgan fingerprint density at radius 3 is 2.54 bits per heavy atom. The zero-order valence-corrected chi connectivity index (χ0v) is 8.15. The normalized spacial score (nSPS) is 9.08. The van der Waals surface area contributed by atoms with Crippen LogP contribution in [0.25, 0.3) is 0 Å². The second kappa shape index (κ2) is 4.06. The van der Waals surface area contributed by atoms with Crippen LogP contribution in [0.15, 0.2) is 12.1 Å². The van der Waals surface area contributed by atoms with E-state index < -0.39 is 0 Å². The molecule has 0 fully saturated rings. The van der Waals surface area contributed by atoms with Crippen LogP contribution in [-0.4, -0.2) is 5.88 Å². The highest BCUT2D eigenvalue weighted by Crippen LogP contribution is 2.19. The molecule has 0 atom stereocenters. The molecule has 4 N–H and O–H groups in total. The van der Waals surface area contributed by atoms with Crippen molar-refractivity contribution in [3.8, 4) is 11.8 Å². The number of hydrogen-bond donors (Lipinski definition) is 2. The van der Waals surface area contributed by atoms with Crippen molar-refractivity contribution in [2.45, 2.75) is 6.92 Å². The largest absolute Gasteiger partial charge is 0.397 e. The van der Waals surface area contributed by atoms with Gasteiger partial charge in [0, 0.05) is 5.56 Å². The molecule has 1 aromatic carbocycles. The van der Waals surface area contributed by atoms with Gasteiger partial charge in [-0.2, -0.15) is 0 Å². The maximum Gasteiger partial charge on any atom is 0.0839 e. The highest BCUT2D eigenvalue weighted by atomic mass is 35.5. The predicted octanol–water partition coefficient (Wildman–Crippen LogP) is 1.75. The van der Waals surface area contributed by atoms with Crippen molar-refractivity contribution >= 4 is 23.0 Å². The smallest absolute Gasteiger partial charge is 0.0839 e. The van der Waals surface area contributed by atoms with Gasteiger partial charge in [-0.15, -0.1) is 11.6 Å². The maximum absolute atomic E-state index is 5.64. The number of benzene rings is 1. The van der Waals surface area contributed by atoms with Gasteiger partial charge in [0.2, 0.25) is 0 Å². The fraction of sp³-hybridized carbons (Fsp3) is 0.200. The fourth-order valence-corrected chi connectivity index (χ4v) is 1.08. The first kappa shape index (κ1) is 9.76. The third-order valence-corrected chi connectivity index (χ3v) is 1.85. The van der Waals surface area contributed by atoms with Gasteiger partial charge in [0.1, 0.15) is 0 Å². The van der Waals surface area contributed by atoms with E-state index in [1.54, 1.807) is 6.07 Å². The molecular weight excluding hydrogens is 184 g/mol. The van der Waals surface area contributed by atoms with Crippen LogP contribution in [0, 0.1) is 18.8 Å². The van der Waals surface area contributed by atoms with Crippen LogP contribution >= 0.6 is 11.6 Å². The molecule has 3 heteroatoms. The minimum Gasteiger partial charge on any atom is -0.397 e. The average molecular weight is 195 g/mol. The topological polar surface area (TPSA) is 52.0 Å². The van der Waals surface area contributed by atoms with Gasteiger partial charge in [-0.1, -0.05) is 11.8 Å². The number of halogens is 1. The van der Waals surface area contributed by atoms with Gasteiger partial charge < -0.3 is 11.5 Å². The van der Waals surface area contributed by atoms with Crippen LogP contribution in [0.2, 0.25) is 0 Å². The number of nitrogen functional groups attached to an aromatic ring is 2. The van der Waals surface area contributed by atoms with Crippen LogP contribution in [0.5, 0.6) is 0 Å². The number of anilines is 2. The number of rotatable bonds is 0. The summed E-state index contributed by atoms with van der Waals surface area (Å²) < 4.78 is 0. The molecule has 1 aromatic rings. The molecule has 0 aliphatic heterocycles. The predicted molar refractivity (Wildman–Crippen MR) is 57.6 cm³/mol. The summed E-state index contributed by atoms with van der Waals surface area (Å²) in [4.78, 5) is 0. The van der Waals surface area contributed by atoms with Crippen LogP contribution in [0.1, 0.15) is 11.1 Å². The van der Waals surface area contributed by atoms with Crippen LogP contribution < -0.4 is 11.5 Å². The summed E-state index contributed by atoms with van der Waals surface area (Å²) in [5.74, 6) is 6.01. The SMILES string of the molecule is Cc1cc(N)c(N)cc1C#CCCl. The fourth-order valence-electron chi connectivity index (χ4n) is 1.01. The molecule has 0 bridgehead atoms. The first-order chi connectivity index (χ1) is 6.15. The molecule has 0 aliphatic rings. The van der Waals surface area contributed by atoms with E-state index in [2.05, 4.69) is 11.8 Å². The van der Waals surface area contributed by atoms with Gasteiger partial charge in [0.15, 0.2) is 0 Å². The Bertz CT molecular complexity index is 374. The van der Waals surface area contributed by atoms with E-state index in [0.717, 1.165) is 11.1 Å². The standard InChI is InChI=1S/C10H11ClN2/c1-7-5-9(12)10(13)6-8(7)3-2-4-11/h5-6H,4,12-13H2,1H3. The molecule has 68 valence electrons. The maximum atomic E-state index is 5.64. The van der Waals surface area contributed by atoms with E-state index in [4.69, 9.17) is 23.1 Å². The number of nitrogens with two attached hydrogens (primary N) is 2. The Morgan fingerprint density at radius 2 is 1.92 bits per heavy atom. The van der Waals surface area contributed by atoms with Crippen molar-refractivity contribution in [3.63, 3.8) is 0 Å². The van der Waals surface area contributed by atoms with Gasteiger partial charge >= 0.3 is 0 Å². The summed E-state index contributed by atoms with van der Waals surface area (Å²) in [5, 5.41) is 0. The quantitative estimate of drug-likeness (QED) is 0.376. The molecule has 0 unspecified atom stereocenters. The van der Waals surface area contributed by atoms with E-state index in [9.17, 15) is 0 Å². The Labute approximate surface area is 82.9 Å². The summed E-state index contributed by atoms with van der Waals surface area (Å²) in [7, 11) is 0. The van der Waals surface area contributed by atoms with Crippen molar-refractivity contribution in [2.24, 2.45) is 0 Å². The van der Waals surface area contributed by atoms with Crippen molar-refractivity contribution < 1.29 is 0 Å². The van der Waals surface area contributed by atoms with Crippen molar-refractivity contribution in [1.29, 1.82) is 0 Å². The summed E-state index contributed by atoms with van der Waals surface area (Å²) in [6, 6.07) is 3.58. The molecule has 0 aromatic heterocycles. The molecule has 0 saturated carbocycles. The van der Waals surface area contributed by atoms with E-state index in [-0.39, 0.29) is 0 Å². The molecule has 0 aliphatic carbocycles. The third-order valence-electron chi connectivity index (χ3n) is 1.72. The Kier molecular flexibility index (Phi) is 3.05. The van der Waals surface area contributed by atoms with E-state index >= 15 is 0 Å². The zero-order chi connectivity index (χ0) is 9.84. The summed E-state index contributed by atoms with van der Waals surface area (Å²) in [6.45, 7) is 1.94. The van der Waals surface area contributed by atoms with E-state index in [1.807, 2.05) is 13.0 Å². The molecule has 0 amide bonds. The summed E-state index contributed by atoms with van der Waals surface area (Å²) in [5.41, 5.74) is 14.3. The number of aryl methyl sites for hydroxylation is 1. The van der Waals surface area contributed by atoms with Crippen LogP contribution in [0.4, 0.5) is 11.4 Å². The van der Waals surface area contributed by atoms with Gasteiger partial charge in [0.05, 0.1) is 17.3 Å². The highest BCUT2D eigenvalue weighted by Gasteiger charge is 1.99. The monoisotopic (exact) mass is 194 g/mol. The molecule has 1 rings (SSSR count). The molecule has 0 saturated heterocycles. The summed E-state index contributed by atoms with van der Waals surface area (Å²) in [6.07, 6.45) is 0. The van der Waals surface area contributed by atoms with Crippen molar-refractivity contribution in [3.05, 3.63) is 23.3 Å². The van der Waals surface area contributed by atoms with Gasteiger partial charge in [-0.25, -0.2) is 0 Å². The van der Waals surface area contributed by atoms with E-state index in [0.29, 0.717) is 17.3 Å². The van der Waals surface area contributed by atoms with Crippen molar-refractivity contribution in [2.75, 3.05) is 17.3 Å². The lowest BCUT2D eigenvalue weighted by atomic mass is 10.1. The summed E-state index contributed by atoms with van der Waals surface area (Å²) >= 11 is 5.45. The minimum atomic E-state index is 0.323. The lowest BCUT2D eigenvalue weighted by Gasteiger charge is -2.03. The Morgan fingerprint density at radius 1 is 1.31 bits per heavy atom. The minimum absolute atomic E-state index is 0.323. The highest BCUT2D eigenvalue weighted by molar-refractivity contribution is 6.19. The second-order valence-electron chi connectivity index (χ2n) is 2.73. The van der Waals surface area contributed by atoms with Gasteiger partial charge in [0.25, 0.3) is 0 Å².